The summed E-state index contributed by atoms with van der Waals surface area (Å²) in [5.74, 6) is 0. The maximum Gasteiger partial charge on any atom is 0.0726 e. The lowest BCUT2D eigenvalue weighted by Crippen LogP contribution is -2.26. The van der Waals surface area contributed by atoms with Gasteiger partial charge >= 0.3 is 0 Å². The van der Waals surface area contributed by atoms with Gasteiger partial charge < -0.3 is 4.90 Å². The minimum Gasteiger partial charge on any atom is -0.310 e. The Hall–Kier alpha value is -6.44. The Morgan fingerprint density at radius 1 is 0.308 bits per heavy atom. The van der Waals surface area contributed by atoms with Gasteiger partial charge in [0.15, 0.2) is 0 Å². The van der Waals surface area contributed by atoms with Gasteiger partial charge in [0.05, 0.1) is 5.41 Å². The van der Waals surface area contributed by atoms with Gasteiger partial charge in [0.25, 0.3) is 0 Å². The average molecular weight is 664 g/mol. The first-order valence-electron chi connectivity index (χ1n) is 18.2. The fraction of sp³-hybridized carbons (Fsp3) is 0.0588. The number of hydrogen-bond acceptors (Lipinski definition) is 1. The molecule has 0 saturated carbocycles. The third-order valence-corrected chi connectivity index (χ3v) is 11.4. The molecule has 8 aromatic rings. The Bertz CT molecular complexity index is 2580. The first-order valence-corrected chi connectivity index (χ1v) is 18.2. The van der Waals surface area contributed by atoms with Crippen LogP contribution in [0.25, 0.3) is 44.5 Å². The van der Waals surface area contributed by atoms with E-state index in [0.29, 0.717) is 0 Å². The zero-order valence-electron chi connectivity index (χ0n) is 29.3. The van der Waals surface area contributed by atoms with Gasteiger partial charge in [-0.1, -0.05) is 152 Å². The number of hydrogen-bond donors (Lipinski definition) is 0. The maximum atomic E-state index is 2.48. The van der Waals surface area contributed by atoms with Crippen LogP contribution in [0, 0.1) is 13.8 Å². The average Bonchev–Trinajstić information content (AvgIpc) is 3.66. The van der Waals surface area contributed by atoms with E-state index in [9.17, 15) is 0 Å². The van der Waals surface area contributed by atoms with Crippen LogP contribution in [0.4, 0.5) is 17.1 Å². The van der Waals surface area contributed by atoms with Crippen LogP contribution in [0.15, 0.2) is 188 Å². The molecule has 0 heterocycles. The molecule has 2 aliphatic rings. The van der Waals surface area contributed by atoms with Crippen LogP contribution in [-0.2, 0) is 5.41 Å². The second kappa shape index (κ2) is 11.8. The summed E-state index contributed by atoms with van der Waals surface area (Å²) in [7, 11) is 0. The predicted octanol–water partition coefficient (Wildman–Crippen LogP) is 13.5. The molecule has 1 spiro atoms. The summed E-state index contributed by atoms with van der Waals surface area (Å²) in [6, 6.07) is 69.5. The van der Waals surface area contributed by atoms with E-state index in [0.717, 1.165) is 17.1 Å². The van der Waals surface area contributed by atoms with Gasteiger partial charge in [-0.3, -0.25) is 0 Å². The molecule has 52 heavy (non-hydrogen) atoms. The van der Waals surface area contributed by atoms with E-state index in [1.807, 2.05) is 0 Å². The molecule has 0 radical (unpaired) electrons. The molecule has 0 aromatic heterocycles. The minimum absolute atomic E-state index is 0.400. The molecule has 0 saturated heterocycles. The molecule has 0 aliphatic heterocycles. The molecule has 0 N–H and O–H groups in total. The van der Waals surface area contributed by atoms with Crippen molar-refractivity contribution in [3.05, 3.63) is 221 Å². The quantitative estimate of drug-likeness (QED) is 0.177. The van der Waals surface area contributed by atoms with E-state index in [4.69, 9.17) is 0 Å². The molecule has 1 nitrogen and oxygen atoms in total. The van der Waals surface area contributed by atoms with E-state index in [1.54, 1.807) is 0 Å². The lowest BCUT2D eigenvalue weighted by molar-refractivity contribution is 0.793. The van der Waals surface area contributed by atoms with Crippen molar-refractivity contribution in [1.82, 2.24) is 0 Å². The lowest BCUT2D eigenvalue weighted by Gasteiger charge is -2.32. The summed E-state index contributed by atoms with van der Waals surface area (Å²) in [5, 5.41) is 0. The molecular weight excluding hydrogens is 627 g/mol. The van der Waals surface area contributed by atoms with Crippen molar-refractivity contribution in [3.8, 4) is 44.5 Å². The number of fused-ring (bicyclic) bond motifs is 10. The van der Waals surface area contributed by atoms with Crippen molar-refractivity contribution in [2.75, 3.05) is 4.90 Å². The van der Waals surface area contributed by atoms with Crippen LogP contribution in [-0.4, -0.2) is 0 Å². The van der Waals surface area contributed by atoms with Gasteiger partial charge in [0.2, 0.25) is 0 Å². The van der Waals surface area contributed by atoms with Crippen LogP contribution >= 0.6 is 0 Å². The molecule has 246 valence electrons. The zero-order valence-corrected chi connectivity index (χ0v) is 29.3. The summed E-state index contributed by atoms with van der Waals surface area (Å²) >= 11 is 0. The van der Waals surface area contributed by atoms with E-state index >= 15 is 0 Å². The summed E-state index contributed by atoms with van der Waals surface area (Å²) in [6.45, 7) is 4.43. The molecule has 0 fully saturated rings. The number of nitrogens with zero attached hydrogens (tertiary/aromatic N) is 1. The van der Waals surface area contributed by atoms with Gasteiger partial charge in [-0.25, -0.2) is 0 Å². The first kappa shape index (κ1) is 30.4. The van der Waals surface area contributed by atoms with Crippen LogP contribution in [0.1, 0.15) is 33.4 Å². The molecule has 0 atom stereocenters. The summed E-state index contributed by atoms with van der Waals surface area (Å²) in [5.41, 5.74) is 21.2. The highest BCUT2D eigenvalue weighted by Gasteiger charge is 2.51. The van der Waals surface area contributed by atoms with E-state index in [-0.39, 0.29) is 0 Å². The SMILES string of the molecule is Cc1ccccc1-c1ccc(N(c2ccc(-c3ccccc3)cc2)c2ccc3c(c2)C2(c4ccccc4-c4ccccc42)c2ccccc2-3)cc1C. The zero-order chi connectivity index (χ0) is 34.8. The number of benzene rings is 8. The third-order valence-electron chi connectivity index (χ3n) is 11.4. The summed E-state index contributed by atoms with van der Waals surface area (Å²) in [4.78, 5) is 2.44. The highest BCUT2D eigenvalue weighted by molar-refractivity contribution is 5.96. The number of rotatable bonds is 5. The number of aryl methyl sites for hydroxylation is 2. The van der Waals surface area contributed by atoms with Crippen molar-refractivity contribution in [3.63, 3.8) is 0 Å². The standard InChI is InChI=1S/C51H37N/c1-34-14-6-7-17-41(34)42-30-28-39(32-35(42)2)52(38-26-24-37(25-27-38)36-15-4-3-5-16-36)40-29-31-46-45-20-10-13-23-49(45)51(50(46)33-40)47-21-11-8-18-43(47)44-19-9-12-22-48(44)51/h3-33H,1-2H3. The van der Waals surface area contributed by atoms with Gasteiger partial charge in [-0.2, -0.15) is 0 Å². The van der Waals surface area contributed by atoms with Crippen molar-refractivity contribution in [2.24, 2.45) is 0 Å². The van der Waals surface area contributed by atoms with Gasteiger partial charge in [-0.15, -0.1) is 0 Å². The lowest BCUT2D eigenvalue weighted by atomic mass is 9.70. The minimum atomic E-state index is -0.400. The fourth-order valence-corrected chi connectivity index (χ4v) is 9.07. The summed E-state index contributed by atoms with van der Waals surface area (Å²) in [6.07, 6.45) is 0. The highest BCUT2D eigenvalue weighted by Crippen LogP contribution is 2.63. The van der Waals surface area contributed by atoms with Gasteiger partial charge in [-0.05, 0) is 128 Å². The molecule has 0 amide bonds. The smallest absolute Gasteiger partial charge is 0.0726 e. The monoisotopic (exact) mass is 663 g/mol. The predicted molar refractivity (Wildman–Crippen MR) is 218 cm³/mol. The molecule has 0 bridgehead atoms. The van der Waals surface area contributed by atoms with Crippen molar-refractivity contribution < 1.29 is 0 Å². The molecular formula is C51H37N. The third kappa shape index (κ3) is 4.42. The second-order valence-corrected chi connectivity index (χ2v) is 14.2. The van der Waals surface area contributed by atoms with Crippen LogP contribution in [0.3, 0.4) is 0 Å². The molecule has 1 heteroatoms. The summed E-state index contributed by atoms with van der Waals surface area (Å²) < 4.78 is 0. The van der Waals surface area contributed by atoms with E-state index < -0.39 is 5.41 Å². The van der Waals surface area contributed by atoms with E-state index in [1.165, 1.54) is 77.9 Å². The number of anilines is 3. The van der Waals surface area contributed by atoms with E-state index in [2.05, 4.69) is 207 Å². The van der Waals surface area contributed by atoms with Crippen molar-refractivity contribution >= 4 is 17.1 Å². The van der Waals surface area contributed by atoms with Crippen LogP contribution in [0.2, 0.25) is 0 Å². The molecule has 0 unspecified atom stereocenters. The maximum absolute atomic E-state index is 2.48. The van der Waals surface area contributed by atoms with Crippen molar-refractivity contribution in [2.45, 2.75) is 19.3 Å². The Morgan fingerprint density at radius 2 is 0.731 bits per heavy atom. The Kier molecular flexibility index (Phi) is 6.91. The van der Waals surface area contributed by atoms with Crippen LogP contribution in [0.5, 0.6) is 0 Å². The largest absolute Gasteiger partial charge is 0.310 e. The Morgan fingerprint density at radius 3 is 1.31 bits per heavy atom. The molecule has 10 rings (SSSR count). The van der Waals surface area contributed by atoms with Crippen LogP contribution < -0.4 is 4.90 Å². The van der Waals surface area contributed by atoms with Gasteiger partial charge in [0.1, 0.15) is 0 Å². The second-order valence-electron chi connectivity index (χ2n) is 14.2. The normalized spacial score (nSPS) is 13.0. The van der Waals surface area contributed by atoms with Crippen molar-refractivity contribution in [1.29, 1.82) is 0 Å². The molecule has 2 aliphatic carbocycles. The topological polar surface area (TPSA) is 3.24 Å². The Labute approximate surface area is 306 Å². The molecule has 8 aromatic carbocycles. The Balaban J connectivity index is 1.20. The highest BCUT2D eigenvalue weighted by atomic mass is 15.1. The fourth-order valence-electron chi connectivity index (χ4n) is 9.07. The first-order chi connectivity index (χ1) is 25.6. The van der Waals surface area contributed by atoms with Gasteiger partial charge in [0, 0.05) is 17.1 Å².